The molecule has 0 bridgehead atoms. The van der Waals surface area contributed by atoms with Crippen LogP contribution in [0.4, 0.5) is 17.5 Å². The summed E-state index contributed by atoms with van der Waals surface area (Å²) in [4.78, 5) is 30.9. The van der Waals surface area contributed by atoms with Crippen molar-refractivity contribution in [3.8, 4) is 11.5 Å². The van der Waals surface area contributed by atoms with Crippen LogP contribution in [0.2, 0.25) is 0 Å². The number of fused-ring (bicyclic) bond motifs is 2. The van der Waals surface area contributed by atoms with Gasteiger partial charge in [-0.15, -0.1) is 0 Å². The molecule has 12 nitrogen and oxygen atoms in total. The molecule has 1 atom stereocenters. The summed E-state index contributed by atoms with van der Waals surface area (Å²) in [5, 5.41) is 6.77. The molecule has 1 aromatic carbocycles. The van der Waals surface area contributed by atoms with Crippen molar-refractivity contribution >= 4 is 34.5 Å². The number of carbonyl (C=O) groups excluding carboxylic acids is 1. The number of ether oxygens (including phenoxy) is 4. The molecule has 2 aromatic heterocycles. The number of H-pyrrole nitrogens is 1. The molecule has 0 spiro atoms. The first-order valence-corrected chi connectivity index (χ1v) is 12.8. The fraction of sp³-hybridized carbons (Fsp3) is 0.520. The number of aromatic nitrogens is 4. The van der Waals surface area contributed by atoms with Gasteiger partial charge in [0, 0.05) is 37.3 Å². The molecule has 1 saturated heterocycles. The molecule has 2 aliphatic heterocycles. The third kappa shape index (κ3) is 6.38. The number of rotatable bonds is 5. The maximum Gasteiger partial charge on any atom is 0.231 e. The predicted molar refractivity (Wildman–Crippen MR) is 138 cm³/mol. The fourth-order valence-corrected chi connectivity index (χ4v) is 4.42. The van der Waals surface area contributed by atoms with Crippen molar-refractivity contribution in [1.82, 2.24) is 24.8 Å². The van der Waals surface area contributed by atoms with Gasteiger partial charge < -0.3 is 39.5 Å². The molecule has 3 N–H and O–H groups in total. The van der Waals surface area contributed by atoms with E-state index in [2.05, 4.69) is 25.6 Å². The highest BCUT2D eigenvalue weighted by molar-refractivity contribution is 5.84. The number of aromatic amines is 1. The van der Waals surface area contributed by atoms with Gasteiger partial charge in [0.05, 0.1) is 32.8 Å². The van der Waals surface area contributed by atoms with E-state index in [1.807, 2.05) is 30.0 Å². The Bertz CT molecular complexity index is 1200. The molecular formula is C25H33N7O5. The number of nitrogens with zero attached hydrogens (tertiary/aromatic N) is 4. The zero-order valence-electron chi connectivity index (χ0n) is 21.0. The zero-order chi connectivity index (χ0) is 25.5. The van der Waals surface area contributed by atoms with Crippen molar-refractivity contribution in [2.45, 2.75) is 32.2 Å². The van der Waals surface area contributed by atoms with E-state index >= 15 is 0 Å². The number of nitrogens with one attached hydrogen (secondary N) is 3. The predicted octanol–water partition coefficient (Wildman–Crippen LogP) is 2.71. The zero-order valence-corrected chi connectivity index (χ0v) is 21.0. The monoisotopic (exact) mass is 511 g/mol. The molecule has 198 valence electrons. The number of amides is 1. The second-order valence-electron chi connectivity index (χ2n) is 8.88. The lowest BCUT2D eigenvalue weighted by atomic mass is 10.1. The van der Waals surface area contributed by atoms with Crippen molar-refractivity contribution in [1.29, 1.82) is 0 Å². The van der Waals surface area contributed by atoms with Crippen LogP contribution in [0.3, 0.4) is 0 Å². The van der Waals surface area contributed by atoms with E-state index in [0.717, 1.165) is 30.6 Å². The van der Waals surface area contributed by atoms with Crippen LogP contribution in [-0.4, -0.2) is 89.5 Å². The number of hydrogen-bond acceptors (Lipinski definition) is 10. The van der Waals surface area contributed by atoms with Crippen molar-refractivity contribution in [2.24, 2.45) is 0 Å². The van der Waals surface area contributed by atoms with Crippen molar-refractivity contribution in [2.75, 3.05) is 63.4 Å². The summed E-state index contributed by atoms with van der Waals surface area (Å²) < 4.78 is 22.8. The van der Waals surface area contributed by atoms with Crippen LogP contribution >= 0.6 is 0 Å². The number of imidazole rings is 1. The largest absolute Gasteiger partial charge is 0.487 e. The molecular weight excluding hydrogens is 478 g/mol. The summed E-state index contributed by atoms with van der Waals surface area (Å²) in [6, 6.07) is 5.67. The van der Waals surface area contributed by atoms with Crippen molar-refractivity contribution < 1.29 is 23.7 Å². The summed E-state index contributed by atoms with van der Waals surface area (Å²) in [7, 11) is 0. The van der Waals surface area contributed by atoms with E-state index in [9.17, 15) is 4.79 Å². The lowest BCUT2D eigenvalue weighted by Gasteiger charge is -2.33. The molecule has 12 heteroatoms. The Morgan fingerprint density at radius 2 is 1.86 bits per heavy atom. The van der Waals surface area contributed by atoms with Crippen LogP contribution in [0, 0.1) is 0 Å². The molecule has 37 heavy (non-hydrogen) atoms. The fourth-order valence-electron chi connectivity index (χ4n) is 4.42. The van der Waals surface area contributed by atoms with Crippen LogP contribution in [0.5, 0.6) is 11.5 Å². The quantitative estimate of drug-likeness (QED) is 0.469. The van der Waals surface area contributed by atoms with E-state index in [1.165, 1.54) is 0 Å². The van der Waals surface area contributed by atoms with Gasteiger partial charge in [0.1, 0.15) is 18.7 Å². The van der Waals surface area contributed by atoms with Gasteiger partial charge >= 0.3 is 0 Å². The number of piperidine rings is 1. The highest BCUT2D eigenvalue weighted by Crippen LogP contribution is 2.32. The van der Waals surface area contributed by atoms with Gasteiger partial charge in [-0.3, -0.25) is 4.79 Å². The smallest absolute Gasteiger partial charge is 0.231 e. The van der Waals surface area contributed by atoms with E-state index < -0.39 is 0 Å². The highest BCUT2D eigenvalue weighted by atomic mass is 16.6. The maximum atomic E-state index is 12.2. The first-order valence-electron chi connectivity index (χ1n) is 12.8. The van der Waals surface area contributed by atoms with Crippen LogP contribution in [0.1, 0.15) is 26.2 Å². The third-order valence-corrected chi connectivity index (χ3v) is 6.25. The van der Waals surface area contributed by atoms with Crippen LogP contribution < -0.4 is 20.1 Å². The van der Waals surface area contributed by atoms with E-state index in [0.29, 0.717) is 81.5 Å². The molecule has 0 aliphatic carbocycles. The lowest BCUT2D eigenvalue weighted by Crippen LogP contribution is -2.45. The summed E-state index contributed by atoms with van der Waals surface area (Å²) in [6.07, 6.45) is 4.00. The number of benzene rings is 1. The van der Waals surface area contributed by atoms with E-state index in [-0.39, 0.29) is 11.9 Å². The summed E-state index contributed by atoms with van der Waals surface area (Å²) in [5.74, 6) is 2.43. The Hall–Kier alpha value is -3.64. The molecule has 0 saturated carbocycles. The van der Waals surface area contributed by atoms with Crippen LogP contribution in [0.15, 0.2) is 24.5 Å². The minimum absolute atomic E-state index is 0.0907. The summed E-state index contributed by atoms with van der Waals surface area (Å²) in [6.45, 7) is 6.13. The number of likely N-dealkylation sites (tertiary alicyclic amines) is 1. The first-order chi connectivity index (χ1) is 18.2. The molecule has 1 amide bonds. The molecule has 2 aliphatic rings. The van der Waals surface area contributed by atoms with Crippen LogP contribution in [-0.2, 0) is 14.3 Å². The minimum Gasteiger partial charge on any atom is -0.487 e. The average molecular weight is 512 g/mol. The van der Waals surface area contributed by atoms with Crippen molar-refractivity contribution in [3.63, 3.8) is 0 Å². The summed E-state index contributed by atoms with van der Waals surface area (Å²) in [5.41, 5.74) is 2.01. The number of carbonyl (C=O) groups is 1. The Kier molecular flexibility index (Phi) is 8.16. The Morgan fingerprint density at radius 3 is 2.68 bits per heavy atom. The highest BCUT2D eigenvalue weighted by Gasteiger charge is 2.24. The van der Waals surface area contributed by atoms with E-state index in [1.54, 1.807) is 6.33 Å². The standard InChI is InChI=1S/C25H33N7O5/c1-2-21(33)32-7-3-4-18(15-32)28-24-22-23(27-16-26-22)30-25(31-24)29-17-5-6-19-20(14-17)37-13-11-35-9-8-34-10-12-36-19/h5-6,14,16,18H,2-4,7-13,15H2,1H3,(H3,26,27,28,29,30,31)/t18-/m1/s1. The third-order valence-electron chi connectivity index (χ3n) is 6.25. The van der Waals surface area contributed by atoms with Gasteiger partial charge in [0.15, 0.2) is 23.0 Å². The normalized spacial score (nSPS) is 19.1. The van der Waals surface area contributed by atoms with Gasteiger partial charge in [-0.25, -0.2) is 4.98 Å². The van der Waals surface area contributed by atoms with Crippen molar-refractivity contribution in [3.05, 3.63) is 24.5 Å². The van der Waals surface area contributed by atoms with Gasteiger partial charge in [-0.1, -0.05) is 6.92 Å². The molecule has 4 heterocycles. The van der Waals surface area contributed by atoms with Gasteiger partial charge in [0.25, 0.3) is 0 Å². The summed E-state index contributed by atoms with van der Waals surface area (Å²) >= 11 is 0. The topological polar surface area (TPSA) is 136 Å². The molecule has 3 aromatic rings. The Balaban J connectivity index is 1.34. The lowest BCUT2D eigenvalue weighted by molar-refractivity contribution is -0.131. The maximum absolute atomic E-state index is 12.2. The minimum atomic E-state index is 0.0907. The van der Waals surface area contributed by atoms with Crippen LogP contribution in [0.25, 0.3) is 11.2 Å². The molecule has 0 radical (unpaired) electrons. The van der Waals surface area contributed by atoms with Gasteiger partial charge in [0.2, 0.25) is 11.9 Å². The SMILES string of the molecule is CCC(=O)N1CCC[C@@H](Nc2nc(Nc3ccc4c(c3)OCCOCCOCCO4)nc3nc[nH]c23)C1. The number of hydrogen-bond donors (Lipinski definition) is 3. The first kappa shape index (κ1) is 25.0. The van der Waals surface area contributed by atoms with Gasteiger partial charge in [-0.05, 0) is 25.0 Å². The Labute approximate surface area is 215 Å². The molecule has 1 fully saturated rings. The number of anilines is 3. The Morgan fingerprint density at radius 1 is 1.08 bits per heavy atom. The average Bonchev–Trinajstić information content (AvgIpc) is 3.38. The second kappa shape index (κ2) is 12.1. The molecule has 0 unspecified atom stereocenters. The van der Waals surface area contributed by atoms with E-state index in [4.69, 9.17) is 23.9 Å². The second-order valence-corrected chi connectivity index (χ2v) is 8.88. The molecule has 5 rings (SSSR count). The van der Waals surface area contributed by atoms with Gasteiger partial charge in [-0.2, -0.15) is 9.97 Å².